The van der Waals surface area contributed by atoms with Gasteiger partial charge in [-0.15, -0.1) is 0 Å². The molecule has 0 unspecified atom stereocenters. The quantitative estimate of drug-likeness (QED) is 0.195. The van der Waals surface area contributed by atoms with Gasteiger partial charge in [0, 0.05) is 0 Å². The Labute approximate surface area is 159 Å². The topological polar surface area (TPSA) is 233 Å². The van der Waals surface area contributed by atoms with Crippen molar-refractivity contribution in [1.29, 1.82) is 0 Å². The SMILES string of the molecule is O=[N+]([O-])[O-].O=[N+]([O-])[O-].O=[N+]([O-])[O-].[Cs+].[O]=[U+2]=[O]. The zero-order chi connectivity index (χ0) is 13.4. The van der Waals surface area contributed by atoms with E-state index in [2.05, 4.69) is 0 Å². The van der Waals surface area contributed by atoms with Gasteiger partial charge in [0.15, 0.2) is 0 Å². The van der Waals surface area contributed by atoms with Crippen molar-refractivity contribution < 1.29 is 116 Å². The zero-order valence-corrected chi connectivity index (χ0v) is 17.8. The molecule has 0 aliphatic heterocycles. The number of rotatable bonds is 0. The van der Waals surface area contributed by atoms with Gasteiger partial charge in [-0.2, -0.15) is 0 Å². The van der Waals surface area contributed by atoms with Crippen molar-refractivity contribution in [3.63, 3.8) is 0 Å². The van der Waals surface area contributed by atoms with E-state index in [-0.39, 0.29) is 68.9 Å². The molecular formula is CsN3O11U. The number of nitrogens with zero attached hydrogens (tertiary/aromatic N) is 3. The fraction of sp³-hybridized carbons (Fsp3) is 0. The van der Waals surface area contributed by atoms with Crippen molar-refractivity contribution in [2.75, 3.05) is 0 Å². The van der Waals surface area contributed by atoms with E-state index in [0.29, 0.717) is 0 Å². The first-order chi connectivity index (χ1) is 6.61. The molecule has 86 valence electrons. The maximum absolute atomic E-state index is 8.58. The molecule has 0 atom stereocenters. The molecule has 0 heterocycles. The molecule has 0 aromatic rings. The van der Waals surface area contributed by atoms with Gasteiger partial charge in [-0.25, -0.2) is 0 Å². The van der Waals surface area contributed by atoms with Crippen molar-refractivity contribution in [1.82, 2.24) is 0 Å². The van der Waals surface area contributed by atoms with Crippen molar-refractivity contribution in [3.8, 4) is 0 Å². The minimum atomic E-state index is -2.51. The van der Waals surface area contributed by atoms with Crippen LogP contribution in [0.3, 0.4) is 0 Å². The average molecular weight is 589 g/mol. The summed E-state index contributed by atoms with van der Waals surface area (Å²) in [5.74, 6) is 0. The van der Waals surface area contributed by atoms with Crippen LogP contribution in [-0.4, -0.2) is 15.3 Å². The van der Waals surface area contributed by atoms with Gasteiger partial charge < -0.3 is 46.0 Å². The van der Waals surface area contributed by atoms with Gasteiger partial charge in [0.2, 0.25) is 0 Å². The predicted octanol–water partition coefficient (Wildman–Crippen LogP) is -3.95. The van der Waals surface area contributed by atoms with Crippen LogP contribution in [0.5, 0.6) is 0 Å². The second-order valence-electron chi connectivity index (χ2n) is 0.754. The van der Waals surface area contributed by atoms with Crippen LogP contribution in [0.25, 0.3) is 0 Å². The Balaban J connectivity index is -0.0000000331. The van der Waals surface area contributed by atoms with Crippen LogP contribution in [-0.2, 0) is 4.47 Å². The molecule has 0 aliphatic rings. The molecule has 14 nitrogen and oxygen atoms in total. The molecular weight excluding hydrogens is 589 g/mol. The summed E-state index contributed by atoms with van der Waals surface area (Å²) in [6.07, 6.45) is 0. The van der Waals surface area contributed by atoms with Crippen LogP contribution in [0.4, 0.5) is 0 Å². The molecule has 0 spiro atoms. The van der Waals surface area contributed by atoms with E-state index in [1.807, 2.05) is 0 Å². The van der Waals surface area contributed by atoms with Crippen LogP contribution in [0.1, 0.15) is 0 Å². The maximum atomic E-state index is 8.58. The van der Waals surface area contributed by atoms with Gasteiger partial charge in [0.1, 0.15) is 0 Å². The van der Waals surface area contributed by atoms with E-state index in [4.69, 9.17) is 50.4 Å². The normalized spacial score (nSPS) is 5.00. The number of hydrogen-bond donors (Lipinski definition) is 0. The van der Waals surface area contributed by atoms with Gasteiger partial charge in [-0.05, 0) is 0 Å². The molecule has 16 heteroatoms. The Morgan fingerprint density at radius 2 is 0.625 bits per heavy atom. The van der Waals surface area contributed by atoms with Crippen molar-refractivity contribution >= 4 is 0 Å². The second kappa shape index (κ2) is 29.5. The van der Waals surface area contributed by atoms with Crippen LogP contribution < -0.4 is 68.9 Å². The van der Waals surface area contributed by atoms with Gasteiger partial charge in [0.25, 0.3) is 0 Å². The van der Waals surface area contributed by atoms with E-state index in [1.165, 1.54) is 0 Å². The minimum absolute atomic E-state index is 0. The molecule has 0 rings (SSSR count). The van der Waals surface area contributed by atoms with Crippen molar-refractivity contribution in [3.05, 3.63) is 46.0 Å². The van der Waals surface area contributed by atoms with Gasteiger partial charge in [-0.3, -0.25) is 0 Å². The van der Waals surface area contributed by atoms with Gasteiger partial charge in [0.05, 0.1) is 15.3 Å². The van der Waals surface area contributed by atoms with Crippen molar-refractivity contribution in [2.24, 2.45) is 0 Å². The fourth-order valence-electron chi connectivity index (χ4n) is 0. The molecule has 0 bridgehead atoms. The first-order valence-corrected chi connectivity index (χ1v) is 5.45. The Kier molecular flexibility index (Phi) is 55.1. The molecule has 0 aromatic carbocycles. The summed E-state index contributed by atoms with van der Waals surface area (Å²) < 4.78 is 17.2. The van der Waals surface area contributed by atoms with Gasteiger partial charge >= 0.3 is 101 Å². The summed E-state index contributed by atoms with van der Waals surface area (Å²) in [4.78, 5) is 24.8. The summed E-state index contributed by atoms with van der Waals surface area (Å²) in [7, 11) is 0. The van der Waals surface area contributed by atoms with E-state index < -0.39 is 43.1 Å². The molecule has 0 saturated heterocycles. The summed E-state index contributed by atoms with van der Waals surface area (Å²) in [6.45, 7) is 0. The van der Waals surface area contributed by atoms with Crippen LogP contribution >= 0.6 is 0 Å². The standard InChI is InChI=1S/Cs.3NO3.2O.U/c;3*2-1(3)4;;;/q+1;3*-1;;;+2. The molecule has 0 fully saturated rings. The predicted molar refractivity (Wildman–Crippen MR) is 32.5 cm³/mol. The first-order valence-electron chi connectivity index (χ1n) is 2.05. The van der Waals surface area contributed by atoms with Crippen molar-refractivity contribution in [2.45, 2.75) is 0 Å². The second-order valence-corrected chi connectivity index (χ2v) is 1.45. The summed E-state index contributed by atoms with van der Waals surface area (Å²) in [5.41, 5.74) is 0. The summed E-state index contributed by atoms with van der Waals surface area (Å²) in [5, 5.41) is 44.2. The molecule has 0 amide bonds. The molecule has 0 N–H and O–H groups in total. The third-order valence-electron chi connectivity index (χ3n) is 0. The van der Waals surface area contributed by atoms with E-state index >= 15 is 0 Å². The third-order valence-corrected chi connectivity index (χ3v) is 0. The third kappa shape index (κ3) is 27400. The van der Waals surface area contributed by atoms with E-state index in [0.717, 1.165) is 0 Å². The molecule has 16 heavy (non-hydrogen) atoms. The van der Waals surface area contributed by atoms with Crippen LogP contribution in [0, 0.1) is 73.8 Å². The average Bonchev–Trinajstić information content (AvgIpc) is 1.81. The van der Waals surface area contributed by atoms with E-state index in [9.17, 15) is 0 Å². The Bertz CT molecular complexity index is 179. The zero-order valence-electron chi connectivity index (χ0n) is 7.33. The Hall–Kier alpha value is 0.304. The fourth-order valence-corrected chi connectivity index (χ4v) is 0. The molecule has 0 radical (unpaired) electrons. The first kappa shape index (κ1) is 29.9. The van der Waals surface area contributed by atoms with E-state index in [1.54, 1.807) is 0 Å². The summed E-state index contributed by atoms with van der Waals surface area (Å²) in [6, 6.07) is 0. The Morgan fingerprint density at radius 3 is 0.625 bits per heavy atom. The van der Waals surface area contributed by atoms with Crippen LogP contribution in [0.15, 0.2) is 0 Å². The molecule has 0 aromatic heterocycles. The van der Waals surface area contributed by atoms with Gasteiger partial charge in [-0.1, -0.05) is 0 Å². The van der Waals surface area contributed by atoms with Crippen LogP contribution in [0.2, 0.25) is 0 Å². The summed E-state index contributed by atoms with van der Waals surface area (Å²) >= 11 is -2.51. The molecule has 0 aliphatic carbocycles. The molecule has 0 saturated carbocycles. The number of hydrogen-bond acceptors (Lipinski definition) is 11. The monoisotopic (exact) mass is 589 g/mol. The Morgan fingerprint density at radius 1 is 0.625 bits per heavy atom.